The quantitative estimate of drug-likeness (QED) is 0.679. The predicted octanol–water partition coefficient (Wildman–Crippen LogP) is 5.32. The summed E-state index contributed by atoms with van der Waals surface area (Å²) in [5.74, 6) is 0.417. The molecule has 3 aromatic rings. The summed E-state index contributed by atoms with van der Waals surface area (Å²) in [5, 5.41) is 0.246. The van der Waals surface area contributed by atoms with E-state index in [9.17, 15) is 13.2 Å². The molecule has 0 saturated carbocycles. The number of fused-ring (bicyclic) bond motifs is 1. The molecule has 0 radical (unpaired) electrons. The number of para-hydroxylation sites is 2. The number of H-pyrrole nitrogens is 1. The molecule has 0 unspecified atom stereocenters. The molecule has 112 valence electrons. The van der Waals surface area contributed by atoms with Crippen LogP contribution in [0.15, 0.2) is 48.5 Å². The average molecular weight is 323 g/mol. The maximum atomic E-state index is 12.7. The molecule has 0 bridgehead atoms. The monoisotopic (exact) mass is 322 g/mol. The lowest BCUT2D eigenvalue weighted by molar-refractivity contribution is -0.137. The minimum Gasteiger partial charge on any atom is -0.337 e. The van der Waals surface area contributed by atoms with Crippen molar-refractivity contribution in [2.45, 2.75) is 6.18 Å². The van der Waals surface area contributed by atoms with Gasteiger partial charge in [0.15, 0.2) is 0 Å². The summed E-state index contributed by atoms with van der Waals surface area (Å²) in [6.45, 7) is 0. The van der Waals surface area contributed by atoms with Gasteiger partial charge in [0.05, 0.1) is 21.6 Å². The van der Waals surface area contributed by atoms with E-state index < -0.39 is 11.7 Å². The van der Waals surface area contributed by atoms with Gasteiger partial charge in [-0.05, 0) is 35.9 Å². The van der Waals surface area contributed by atoms with Gasteiger partial charge in [-0.25, -0.2) is 4.98 Å². The number of hydrogen-bond acceptors (Lipinski definition) is 1. The molecule has 2 nitrogen and oxygen atoms in total. The third kappa shape index (κ3) is 2.99. The molecule has 22 heavy (non-hydrogen) atoms. The zero-order valence-electron chi connectivity index (χ0n) is 11.2. The van der Waals surface area contributed by atoms with Crippen molar-refractivity contribution in [2.24, 2.45) is 0 Å². The highest BCUT2D eigenvalue weighted by atomic mass is 35.5. The molecular weight excluding hydrogens is 313 g/mol. The minimum atomic E-state index is -4.38. The van der Waals surface area contributed by atoms with E-state index in [0.717, 1.165) is 23.2 Å². The summed E-state index contributed by atoms with van der Waals surface area (Å²) < 4.78 is 38.1. The summed E-state index contributed by atoms with van der Waals surface area (Å²) in [6.07, 6.45) is -2.93. The Hall–Kier alpha value is -2.27. The predicted molar refractivity (Wildman–Crippen MR) is 81.3 cm³/mol. The summed E-state index contributed by atoms with van der Waals surface area (Å²) in [4.78, 5) is 7.33. The van der Waals surface area contributed by atoms with E-state index in [1.807, 2.05) is 24.3 Å². The minimum absolute atomic E-state index is 0.246. The van der Waals surface area contributed by atoms with Gasteiger partial charge in [-0.3, -0.25) is 0 Å². The van der Waals surface area contributed by atoms with Crippen LogP contribution in [-0.4, -0.2) is 9.97 Å². The number of rotatable bonds is 2. The van der Waals surface area contributed by atoms with Crippen LogP contribution in [0.1, 0.15) is 17.0 Å². The Morgan fingerprint density at radius 3 is 2.59 bits per heavy atom. The number of nitrogens with zero attached hydrogens (tertiary/aromatic N) is 1. The van der Waals surface area contributed by atoms with Gasteiger partial charge in [-0.1, -0.05) is 35.9 Å². The smallest absolute Gasteiger partial charge is 0.337 e. The Morgan fingerprint density at radius 1 is 1.09 bits per heavy atom. The van der Waals surface area contributed by atoms with Gasteiger partial charge in [-0.15, -0.1) is 0 Å². The van der Waals surface area contributed by atoms with Crippen LogP contribution < -0.4 is 0 Å². The normalized spacial score (nSPS) is 12.8. The van der Waals surface area contributed by atoms with E-state index in [1.165, 1.54) is 12.1 Å². The Kier molecular flexibility index (Phi) is 3.66. The highest BCUT2D eigenvalue weighted by molar-refractivity contribution is 6.50. The van der Waals surface area contributed by atoms with Crippen molar-refractivity contribution < 1.29 is 13.2 Å². The van der Waals surface area contributed by atoms with E-state index in [1.54, 1.807) is 6.07 Å². The van der Waals surface area contributed by atoms with Crippen molar-refractivity contribution in [3.8, 4) is 0 Å². The molecule has 0 atom stereocenters. The molecule has 0 aliphatic carbocycles. The van der Waals surface area contributed by atoms with Crippen molar-refractivity contribution >= 4 is 33.7 Å². The van der Waals surface area contributed by atoms with Crippen molar-refractivity contribution in [1.29, 1.82) is 0 Å². The van der Waals surface area contributed by atoms with Crippen molar-refractivity contribution in [1.82, 2.24) is 9.97 Å². The molecule has 0 spiro atoms. The fourth-order valence-electron chi connectivity index (χ4n) is 2.09. The summed E-state index contributed by atoms with van der Waals surface area (Å²) in [5.41, 5.74) is 1.21. The van der Waals surface area contributed by atoms with Gasteiger partial charge >= 0.3 is 6.18 Å². The number of benzene rings is 2. The zero-order chi connectivity index (χ0) is 15.7. The van der Waals surface area contributed by atoms with Crippen LogP contribution in [0.2, 0.25) is 0 Å². The maximum absolute atomic E-state index is 12.7. The fourth-order valence-corrected chi connectivity index (χ4v) is 2.30. The van der Waals surface area contributed by atoms with Crippen LogP contribution in [-0.2, 0) is 6.18 Å². The van der Waals surface area contributed by atoms with Crippen molar-refractivity contribution in [3.05, 3.63) is 65.5 Å². The largest absolute Gasteiger partial charge is 0.416 e. The van der Waals surface area contributed by atoms with E-state index in [2.05, 4.69) is 9.97 Å². The summed E-state index contributed by atoms with van der Waals surface area (Å²) in [7, 11) is 0. The molecule has 0 fully saturated rings. The first kappa shape index (κ1) is 14.7. The van der Waals surface area contributed by atoms with E-state index in [0.29, 0.717) is 11.4 Å². The lowest BCUT2D eigenvalue weighted by Crippen LogP contribution is -2.04. The number of aromatic amines is 1. The first-order valence-electron chi connectivity index (χ1n) is 6.43. The molecule has 0 saturated heterocycles. The molecule has 3 rings (SSSR count). The first-order valence-corrected chi connectivity index (χ1v) is 6.81. The second-order valence-electron chi connectivity index (χ2n) is 4.72. The second-order valence-corrected chi connectivity index (χ2v) is 5.13. The third-order valence-electron chi connectivity index (χ3n) is 3.12. The van der Waals surface area contributed by atoms with Crippen LogP contribution in [0.3, 0.4) is 0 Å². The Balaban J connectivity index is 1.97. The topological polar surface area (TPSA) is 28.7 Å². The van der Waals surface area contributed by atoms with E-state index >= 15 is 0 Å². The molecule has 1 N–H and O–H groups in total. The standard InChI is InChI=1S/C16H10ClF3N2/c17-12(15-21-13-6-1-2-7-14(13)22-15)9-10-4-3-5-11(8-10)16(18,19)20/h1-9H,(H,21,22). The highest BCUT2D eigenvalue weighted by Gasteiger charge is 2.30. The SMILES string of the molecule is FC(F)(F)c1cccc(C=C(Cl)c2nc3ccccc3[nH]2)c1. The van der Waals surface area contributed by atoms with Crippen molar-refractivity contribution in [2.75, 3.05) is 0 Å². The van der Waals surface area contributed by atoms with Gasteiger partial charge < -0.3 is 4.98 Å². The van der Waals surface area contributed by atoms with Crippen LogP contribution in [0, 0.1) is 0 Å². The number of aromatic nitrogens is 2. The van der Waals surface area contributed by atoms with Crippen LogP contribution >= 0.6 is 11.6 Å². The maximum Gasteiger partial charge on any atom is 0.416 e. The van der Waals surface area contributed by atoms with E-state index in [4.69, 9.17) is 11.6 Å². The fraction of sp³-hybridized carbons (Fsp3) is 0.0625. The number of halogens is 4. The average Bonchev–Trinajstić information content (AvgIpc) is 2.90. The van der Waals surface area contributed by atoms with Crippen LogP contribution in [0.5, 0.6) is 0 Å². The van der Waals surface area contributed by atoms with Crippen LogP contribution in [0.4, 0.5) is 13.2 Å². The molecule has 2 aromatic carbocycles. The van der Waals surface area contributed by atoms with Gasteiger partial charge in [0.1, 0.15) is 5.82 Å². The molecule has 1 aromatic heterocycles. The number of alkyl halides is 3. The Bertz CT molecular complexity index is 817. The lowest BCUT2D eigenvalue weighted by atomic mass is 10.1. The summed E-state index contributed by atoms with van der Waals surface area (Å²) in [6, 6.07) is 12.3. The molecular formula is C16H10ClF3N2. The Morgan fingerprint density at radius 2 is 1.86 bits per heavy atom. The molecule has 0 amide bonds. The number of imidazole rings is 1. The summed E-state index contributed by atoms with van der Waals surface area (Å²) >= 11 is 6.16. The highest BCUT2D eigenvalue weighted by Crippen LogP contribution is 2.30. The molecule has 6 heteroatoms. The lowest BCUT2D eigenvalue weighted by Gasteiger charge is -2.06. The van der Waals surface area contributed by atoms with Gasteiger partial charge in [0, 0.05) is 0 Å². The van der Waals surface area contributed by atoms with E-state index in [-0.39, 0.29) is 5.03 Å². The Labute approximate surface area is 129 Å². The number of nitrogens with one attached hydrogen (secondary N) is 1. The number of hydrogen-bond donors (Lipinski definition) is 1. The zero-order valence-corrected chi connectivity index (χ0v) is 11.9. The van der Waals surface area contributed by atoms with Crippen molar-refractivity contribution in [3.63, 3.8) is 0 Å². The molecule has 0 aliphatic rings. The third-order valence-corrected chi connectivity index (χ3v) is 3.41. The second kappa shape index (κ2) is 5.50. The molecule has 1 heterocycles. The van der Waals surface area contributed by atoms with Gasteiger partial charge in [0.25, 0.3) is 0 Å². The van der Waals surface area contributed by atoms with Crippen LogP contribution in [0.25, 0.3) is 22.1 Å². The van der Waals surface area contributed by atoms with Gasteiger partial charge in [0.2, 0.25) is 0 Å². The van der Waals surface area contributed by atoms with Gasteiger partial charge in [-0.2, -0.15) is 13.2 Å². The first-order chi connectivity index (χ1) is 10.4. The molecule has 0 aliphatic heterocycles.